The number of para-hydroxylation sites is 1. The lowest BCUT2D eigenvalue weighted by Crippen LogP contribution is -2.24. The highest BCUT2D eigenvalue weighted by atomic mass is 35.5. The van der Waals surface area contributed by atoms with Crippen LogP contribution in [0.1, 0.15) is 41.3 Å². The molecule has 0 radical (unpaired) electrons. The maximum atomic E-state index is 12.9. The Hall–Kier alpha value is -2.58. The number of nitrogens with two attached hydrogens (primary N) is 2. The number of hydrogen-bond donors (Lipinski definition) is 2. The zero-order chi connectivity index (χ0) is 19.9. The number of guanidine groups is 1. The Labute approximate surface area is 161 Å². The van der Waals surface area contributed by atoms with Crippen LogP contribution in [-0.2, 0) is 15.6 Å². The lowest BCUT2D eigenvalue weighted by Gasteiger charge is -2.15. The molecule has 27 heavy (non-hydrogen) atoms. The fraction of sp³-hybridized carbons (Fsp3) is 0.222. The predicted molar refractivity (Wildman–Crippen MR) is 103 cm³/mol. The number of nitrogens with zero attached hydrogens (tertiary/aromatic N) is 1. The van der Waals surface area contributed by atoms with Gasteiger partial charge < -0.3 is 16.2 Å². The van der Waals surface area contributed by atoms with Gasteiger partial charge in [0, 0.05) is 11.6 Å². The van der Waals surface area contributed by atoms with E-state index in [1.165, 1.54) is 6.07 Å². The fourth-order valence-electron chi connectivity index (χ4n) is 2.89. The third kappa shape index (κ3) is 3.63. The Morgan fingerprint density at radius 3 is 2.59 bits per heavy atom. The number of fused-ring (bicyclic) bond motifs is 2. The molecule has 0 spiro atoms. The van der Waals surface area contributed by atoms with E-state index in [9.17, 15) is 13.2 Å². The quantitative estimate of drug-likeness (QED) is 0.582. The average Bonchev–Trinajstić information content (AvgIpc) is 2.65. The molecule has 0 bridgehead atoms. The first kappa shape index (κ1) is 19.2. The molecule has 7 nitrogen and oxygen atoms in total. The molecule has 3 rings (SSSR count). The van der Waals surface area contributed by atoms with Gasteiger partial charge in [-0.05, 0) is 17.5 Å². The van der Waals surface area contributed by atoms with Crippen molar-refractivity contribution in [2.24, 2.45) is 16.5 Å². The Balaban J connectivity index is 2.23. The second-order valence-corrected chi connectivity index (χ2v) is 8.84. The minimum absolute atomic E-state index is 0.00979. The largest absolute Gasteiger partial charge is 0.455 e. The highest BCUT2D eigenvalue weighted by Gasteiger charge is 2.30. The molecule has 2 aromatic carbocycles. The molecule has 4 N–H and O–H groups in total. The second kappa shape index (κ2) is 6.86. The Kier molecular flexibility index (Phi) is 4.88. The van der Waals surface area contributed by atoms with Crippen LogP contribution < -0.4 is 16.2 Å². The molecule has 1 amide bonds. The number of rotatable bonds is 2. The molecule has 0 atom stereocenters. The number of aliphatic imine (C=N–C) groups is 1. The van der Waals surface area contributed by atoms with Crippen LogP contribution in [0, 0.1) is 0 Å². The number of amides is 1. The minimum Gasteiger partial charge on any atom is -0.455 e. The lowest BCUT2D eigenvalue weighted by molar-refractivity contribution is 0.100. The number of ether oxygens (including phenoxy) is 1. The summed E-state index contributed by atoms with van der Waals surface area (Å²) in [4.78, 5) is 15.4. The second-order valence-electron chi connectivity index (χ2n) is 6.47. The average molecular weight is 408 g/mol. The van der Waals surface area contributed by atoms with E-state index in [4.69, 9.17) is 27.8 Å². The van der Waals surface area contributed by atoms with Crippen LogP contribution in [-0.4, -0.2) is 20.3 Å². The minimum atomic E-state index is -3.78. The number of sulfone groups is 1. The summed E-state index contributed by atoms with van der Waals surface area (Å²) in [6.07, 6.45) is 0. The van der Waals surface area contributed by atoms with Crippen LogP contribution >= 0.6 is 11.6 Å². The lowest BCUT2D eigenvalue weighted by atomic mass is 9.99. The zero-order valence-corrected chi connectivity index (χ0v) is 16.3. The summed E-state index contributed by atoms with van der Waals surface area (Å²) in [5.41, 5.74) is 11.7. The third-order valence-electron chi connectivity index (χ3n) is 4.14. The van der Waals surface area contributed by atoms with Crippen molar-refractivity contribution in [3.8, 4) is 11.5 Å². The van der Waals surface area contributed by atoms with Gasteiger partial charge in [-0.2, -0.15) is 4.99 Å². The standard InChI is InChI=1S/C18H18ClN3O4S/c1-9(2)11-5-3-4-10-8-27(24,25)15-6-12(17(23)22-18(20)21)13(19)7-14(15)26-16(10)11/h3-7,9H,8H2,1-2H3,(H4,20,21,22,23). The van der Waals surface area contributed by atoms with E-state index in [0.29, 0.717) is 11.3 Å². The van der Waals surface area contributed by atoms with E-state index in [1.54, 1.807) is 12.1 Å². The number of carbonyl (C=O) groups excluding carboxylic acids is 1. The summed E-state index contributed by atoms with van der Waals surface area (Å²) >= 11 is 6.17. The van der Waals surface area contributed by atoms with E-state index >= 15 is 0 Å². The smallest absolute Gasteiger partial charge is 0.281 e. The molecule has 0 saturated carbocycles. The van der Waals surface area contributed by atoms with Gasteiger partial charge in [0.15, 0.2) is 15.8 Å². The molecule has 1 heterocycles. The van der Waals surface area contributed by atoms with Gasteiger partial charge in [0.1, 0.15) is 16.4 Å². The molecule has 1 aliphatic heterocycles. The molecule has 2 aromatic rings. The maximum absolute atomic E-state index is 12.9. The van der Waals surface area contributed by atoms with E-state index < -0.39 is 21.7 Å². The molecule has 0 aliphatic carbocycles. The summed E-state index contributed by atoms with van der Waals surface area (Å²) in [5, 5.41) is -0.00979. The van der Waals surface area contributed by atoms with Gasteiger partial charge in [-0.25, -0.2) is 8.42 Å². The number of benzene rings is 2. The molecule has 0 aromatic heterocycles. The first-order valence-corrected chi connectivity index (χ1v) is 10.1. The molecular weight excluding hydrogens is 390 g/mol. The Morgan fingerprint density at radius 2 is 1.96 bits per heavy atom. The van der Waals surface area contributed by atoms with Crippen molar-refractivity contribution < 1.29 is 17.9 Å². The number of carbonyl (C=O) groups is 1. The van der Waals surface area contributed by atoms with Gasteiger partial charge in [0.25, 0.3) is 5.91 Å². The summed E-state index contributed by atoms with van der Waals surface area (Å²) in [7, 11) is -3.78. The van der Waals surface area contributed by atoms with E-state index in [1.807, 2.05) is 19.9 Å². The first-order chi connectivity index (χ1) is 12.6. The van der Waals surface area contributed by atoms with E-state index in [0.717, 1.165) is 11.6 Å². The molecule has 0 saturated heterocycles. The van der Waals surface area contributed by atoms with Gasteiger partial charge in [0.05, 0.1) is 16.3 Å². The van der Waals surface area contributed by atoms with Gasteiger partial charge in [-0.15, -0.1) is 0 Å². The highest BCUT2D eigenvalue weighted by molar-refractivity contribution is 7.90. The summed E-state index contributed by atoms with van der Waals surface area (Å²) < 4.78 is 31.8. The first-order valence-electron chi connectivity index (χ1n) is 8.10. The van der Waals surface area contributed by atoms with Gasteiger partial charge in [-0.1, -0.05) is 43.6 Å². The van der Waals surface area contributed by atoms with Gasteiger partial charge >= 0.3 is 0 Å². The Morgan fingerprint density at radius 1 is 1.26 bits per heavy atom. The molecule has 1 aliphatic rings. The molecule has 142 valence electrons. The van der Waals surface area contributed by atoms with Crippen LogP contribution in [0.5, 0.6) is 11.5 Å². The number of hydrogen-bond acceptors (Lipinski definition) is 4. The Bertz CT molecular complexity index is 1070. The van der Waals surface area contributed by atoms with Gasteiger partial charge in [0.2, 0.25) is 0 Å². The van der Waals surface area contributed by atoms with Crippen molar-refractivity contribution in [3.05, 3.63) is 52.0 Å². The molecule has 0 unspecified atom stereocenters. The van der Waals surface area contributed by atoms with Crippen molar-refractivity contribution >= 4 is 33.3 Å². The normalized spacial score (nSPS) is 14.5. The van der Waals surface area contributed by atoms with Gasteiger partial charge in [-0.3, -0.25) is 4.79 Å². The van der Waals surface area contributed by atoms with Crippen LogP contribution in [0.4, 0.5) is 0 Å². The van der Waals surface area contributed by atoms with Crippen LogP contribution in [0.25, 0.3) is 0 Å². The van der Waals surface area contributed by atoms with E-state index in [2.05, 4.69) is 4.99 Å². The van der Waals surface area contributed by atoms with E-state index in [-0.39, 0.29) is 32.9 Å². The summed E-state index contributed by atoms with van der Waals surface area (Å²) in [6.45, 7) is 3.98. The van der Waals surface area contributed by atoms with Crippen LogP contribution in [0.3, 0.4) is 0 Å². The summed E-state index contributed by atoms with van der Waals surface area (Å²) in [6, 6.07) is 7.85. The molecular formula is C18H18ClN3O4S. The van der Waals surface area contributed by atoms with Crippen molar-refractivity contribution in [2.75, 3.05) is 0 Å². The van der Waals surface area contributed by atoms with Crippen LogP contribution in [0.2, 0.25) is 5.02 Å². The molecule has 0 fully saturated rings. The van der Waals surface area contributed by atoms with Crippen molar-refractivity contribution in [1.82, 2.24) is 0 Å². The fourth-order valence-corrected chi connectivity index (χ4v) is 4.62. The zero-order valence-electron chi connectivity index (χ0n) is 14.7. The third-order valence-corrected chi connectivity index (χ3v) is 6.13. The SMILES string of the molecule is CC(C)c1cccc2c1Oc1cc(Cl)c(C(=O)N=C(N)N)cc1S(=O)(=O)C2. The van der Waals surface area contributed by atoms with Crippen LogP contribution in [0.15, 0.2) is 40.2 Å². The van der Waals surface area contributed by atoms with Crippen molar-refractivity contribution in [3.63, 3.8) is 0 Å². The number of halogens is 1. The maximum Gasteiger partial charge on any atom is 0.281 e. The highest BCUT2D eigenvalue weighted by Crippen LogP contribution is 2.43. The monoisotopic (exact) mass is 407 g/mol. The topological polar surface area (TPSA) is 125 Å². The predicted octanol–water partition coefficient (Wildman–Crippen LogP) is 2.96. The van der Waals surface area contributed by atoms with Crippen molar-refractivity contribution in [2.45, 2.75) is 30.4 Å². The summed E-state index contributed by atoms with van der Waals surface area (Å²) in [5.74, 6) is -0.848. The van der Waals surface area contributed by atoms with Crippen molar-refractivity contribution in [1.29, 1.82) is 0 Å². The molecule has 9 heteroatoms.